The molecule has 4 nitrogen and oxygen atoms in total. The highest BCUT2D eigenvalue weighted by Gasteiger charge is 2.39. The lowest BCUT2D eigenvalue weighted by Gasteiger charge is -2.25. The maximum Gasteiger partial charge on any atom is 0.328 e. The van der Waals surface area contributed by atoms with Gasteiger partial charge >= 0.3 is 5.97 Å². The van der Waals surface area contributed by atoms with Gasteiger partial charge in [0.25, 0.3) is 0 Å². The molecule has 0 radical (unpaired) electrons. The number of methoxy groups -OCH3 is 1. The Labute approximate surface area is 103 Å². The summed E-state index contributed by atoms with van der Waals surface area (Å²) in [6.07, 6.45) is 3.06. The topological polar surface area (TPSA) is 46.6 Å². The van der Waals surface area contributed by atoms with Gasteiger partial charge in [-0.2, -0.15) is 0 Å². The Kier molecular flexibility index (Phi) is 4.73. The molecule has 3 atom stereocenters. The van der Waals surface area contributed by atoms with Crippen LogP contribution in [0, 0.1) is 11.8 Å². The molecule has 0 spiro atoms. The van der Waals surface area contributed by atoms with E-state index in [0.717, 1.165) is 0 Å². The second kappa shape index (κ2) is 5.84. The second-order valence-electron chi connectivity index (χ2n) is 4.80. The Morgan fingerprint density at radius 1 is 1.59 bits per heavy atom. The molecule has 1 saturated heterocycles. The van der Waals surface area contributed by atoms with Crippen LogP contribution >= 0.6 is 0 Å². The zero-order valence-corrected chi connectivity index (χ0v) is 10.8. The Bertz CT molecular complexity index is 314. The third-order valence-electron chi connectivity index (χ3n) is 3.21. The average molecular weight is 239 g/mol. The number of hydrogen-bond donors (Lipinski definition) is 0. The summed E-state index contributed by atoms with van der Waals surface area (Å²) in [5, 5.41) is 0. The van der Waals surface area contributed by atoms with E-state index < -0.39 is 6.04 Å². The van der Waals surface area contributed by atoms with Crippen LogP contribution in [0.2, 0.25) is 0 Å². The highest BCUT2D eigenvalue weighted by molar-refractivity contribution is 5.86. The molecule has 1 fully saturated rings. The van der Waals surface area contributed by atoms with E-state index in [0.29, 0.717) is 25.3 Å². The number of ether oxygens (including phenoxy) is 1. The number of allylic oxidation sites excluding steroid dienone is 1. The molecule has 17 heavy (non-hydrogen) atoms. The van der Waals surface area contributed by atoms with Gasteiger partial charge in [0.05, 0.1) is 7.11 Å². The van der Waals surface area contributed by atoms with E-state index in [1.165, 1.54) is 7.11 Å². The van der Waals surface area contributed by atoms with Gasteiger partial charge in [-0.3, -0.25) is 4.79 Å². The van der Waals surface area contributed by atoms with Crippen LogP contribution in [-0.4, -0.2) is 36.5 Å². The summed E-state index contributed by atoms with van der Waals surface area (Å²) in [4.78, 5) is 25.5. The van der Waals surface area contributed by atoms with E-state index in [4.69, 9.17) is 4.74 Å². The molecule has 0 aliphatic carbocycles. The van der Waals surface area contributed by atoms with Gasteiger partial charge < -0.3 is 9.64 Å². The normalized spacial score (nSPS) is 25.5. The average Bonchev–Trinajstić information content (AvgIpc) is 2.69. The maximum absolute atomic E-state index is 12.2. The molecule has 96 valence electrons. The minimum atomic E-state index is -0.408. The summed E-state index contributed by atoms with van der Waals surface area (Å²) in [6.45, 7) is 8.18. The zero-order chi connectivity index (χ0) is 13.0. The quantitative estimate of drug-likeness (QED) is 0.553. The number of esters is 1. The van der Waals surface area contributed by atoms with Crippen LogP contribution in [0.1, 0.15) is 26.7 Å². The number of carbonyl (C=O) groups is 2. The van der Waals surface area contributed by atoms with Crippen molar-refractivity contribution in [3.8, 4) is 0 Å². The van der Waals surface area contributed by atoms with Gasteiger partial charge in [-0.05, 0) is 18.8 Å². The van der Waals surface area contributed by atoms with Crippen molar-refractivity contribution in [2.45, 2.75) is 32.7 Å². The first-order chi connectivity index (χ1) is 8.01. The molecule has 0 unspecified atom stereocenters. The van der Waals surface area contributed by atoms with E-state index in [-0.39, 0.29) is 17.8 Å². The van der Waals surface area contributed by atoms with Gasteiger partial charge in [-0.1, -0.05) is 19.9 Å². The fraction of sp³-hybridized carbons (Fsp3) is 0.692. The number of rotatable bonds is 4. The predicted octanol–water partition coefficient (Wildman–Crippen LogP) is 1.61. The summed E-state index contributed by atoms with van der Waals surface area (Å²) in [6, 6.07) is -0.408. The first kappa shape index (κ1) is 13.7. The molecule has 1 heterocycles. The van der Waals surface area contributed by atoms with Crippen molar-refractivity contribution in [2.24, 2.45) is 11.8 Å². The molecule has 0 aromatic rings. The number of likely N-dealkylation sites (tertiary alicyclic amines) is 1. The van der Waals surface area contributed by atoms with Crippen LogP contribution < -0.4 is 0 Å². The van der Waals surface area contributed by atoms with E-state index in [2.05, 4.69) is 6.58 Å². The van der Waals surface area contributed by atoms with Crippen LogP contribution in [0.3, 0.4) is 0 Å². The summed E-state index contributed by atoms with van der Waals surface area (Å²) in [7, 11) is 1.36. The Morgan fingerprint density at radius 3 is 2.76 bits per heavy atom. The lowest BCUT2D eigenvalue weighted by atomic mass is 10.1. The number of hydrogen-bond acceptors (Lipinski definition) is 3. The molecule has 0 saturated carbocycles. The lowest BCUT2D eigenvalue weighted by molar-refractivity contribution is -0.152. The lowest BCUT2D eigenvalue weighted by Crippen LogP contribution is -2.43. The summed E-state index contributed by atoms with van der Waals surface area (Å²) >= 11 is 0. The molecular formula is C13H21NO3. The predicted molar refractivity (Wildman–Crippen MR) is 65.3 cm³/mol. The van der Waals surface area contributed by atoms with Gasteiger partial charge in [0.2, 0.25) is 5.91 Å². The van der Waals surface area contributed by atoms with Gasteiger partial charge in [-0.15, -0.1) is 6.58 Å². The highest BCUT2D eigenvalue weighted by atomic mass is 16.5. The van der Waals surface area contributed by atoms with Crippen molar-refractivity contribution < 1.29 is 14.3 Å². The van der Waals surface area contributed by atoms with Crippen molar-refractivity contribution in [3.63, 3.8) is 0 Å². The molecule has 1 rings (SSSR count). The smallest absolute Gasteiger partial charge is 0.328 e. The van der Waals surface area contributed by atoms with Crippen LogP contribution in [-0.2, 0) is 14.3 Å². The second-order valence-corrected chi connectivity index (χ2v) is 4.80. The molecule has 0 aromatic carbocycles. The van der Waals surface area contributed by atoms with Crippen molar-refractivity contribution in [1.29, 1.82) is 0 Å². The molecule has 1 aliphatic rings. The van der Waals surface area contributed by atoms with E-state index in [9.17, 15) is 9.59 Å². The van der Waals surface area contributed by atoms with E-state index in [1.807, 2.05) is 13.8 Å². The highest BCUT2D eigenvalue weighted by Crippen LogP contribution is 2.26. The van der Waals surface area contributed by atoms with Gasteiger partial charge in [0.15, 0.2) is 0 Å². The van der Waals surface area contributed by atoms with E-state index >= 15 is 0 Å². The third-order valence-corrected chi connectivity index (χ3v) is 3.21. The van der Waals surface area contributed by atoms with Gasteiger partial charge in [0, 0.05) is 12.5 Å². The largest absolute Gasteiger partial charge is 0.467 e. The Morgan fingerprint density at radius 2 is 2.24 bits per heavy atom. The van der Waals surface area contributed by atoms with Crippen LogP contribution in [0.5, 0.6) is 0 Å². The maximum atomic E-state index is 12.2. The summed E-state index contributed by atoms with van der Waals surface area (Å²) in [5.74, 6) is -0.0675. The fourth-order valence-corrected chi connectivity index (χ4v) is 2.28. The molecule has 4 heteroatoms. The van der Waals surface area contributed by atoms with Gasteiger partial charge in [0.1, 0.15) is 6.04 Å². The van der Waals surface area contributed by atoms with Crippen molar-refractivity contribution >= 4 is 11.9 Å². The van der Waals surface area contributed by atoms with Crippen molar-refractivity contribution in [2.75, 3.05) is 13.7 Å². The fourth-order valence-electron chi connectivity index (χ4n) is 2.28. The molecule has 0 bridgehead atoms. The SMILES string of the molecule is C=CC[C@H](C)C(=O)N1C[C@@H](C)C[C@H]1C(=O)OC. The Balaban J connectivity index is 2.76. The van der Waals surface area contributed by atoms with E-state index in [1.54, 1.807) is 11.0 Å². The summed E-state index contributed by atoms with van der Waals surface area (Å²) in [5.41, 5.74) is 0. The molecular weight excluding hydrogens is 218 g/mol. The number of carbonyl (C=O) groups excluding carboxylic acids is 2. The monoisotopic (exact) mass is 239 g/mol. The van der Waals surface area contributed by atoms with Crippen LogP contribution in [0.25, 0.3) is 0 Å². The Hall–Kier alpha value is -1.32. The first-order valence-corrected chi connectivity index (χ1v) is 6.00. The molecule has 1 amide bonds. The molecule has 0 aromatic heterocycles. The van der Waals surface area contributed by atoms with Gasteiger partial charge in [-0.25, -0.2) is 4.79 Å². The van der Waals surface area contributed by atoms with Crippen LogP contribution in [0.15, 0.2) is 12.7 Å². The van der Waals surface area contributed by atoms with Crippen molar-refractivity contribution in [1.82, 2.24) is 4.90 Å². The van der Waals surface area contributed by atoms with Crippen LogP contribution in [0.4, 0.5) is 0 Å². The minimum Gasteiger partial charge on any atom is -0.467 e. The minimum absolute atomic E-state index is 0.0182. The third kappa shape index (κ3) is 3.08. The number of amides is 1. The first-order valence-electron chi connectivity index (χ1n) is 6.00. The number of nitrogens with zero attached hydrogens (tertiary/aromatic N) is 1. The van der Waals surface area contributed by atoms with Crippen molar-refractivity contribution in [3.05, 3.63) is 12.7 Å². The summed E-state index contributed by atoms with van der Waals surface area (Å²) < 4.78 is 4.75. The standard InChI is InChI=1S/C13H21NO3/c1-5-6-10(3)12(15)14-8-9(2)7-11(14)13(16)17-4/h5,9-11H,1,6-8H2,2-4H3/t9-,10-,11-/m0/s1. The zero-order valence-electron chi connectivity index (χ0n) is 10.8. The molecule has 1 aliphatic heterocycles. The molecule has 0 N–H and O–H groups in total.